The normalized spacial score (nSPS) is 12.7. The number of aliphatic hydroxyl groups is 1. The number of anilines is 1. The second kappa shape index (κ2) is 7.35. The maximum Gasteiger partial charge on any atom is 0.278 e. The molecule has 24 heavy (non-hydrogen) atoms. The maximum atomic E-state index is 13.6. The Kier molecular flexibility index (Phi) is 5.46. The van der Waals surface area contributed by atoms with Gasteiger partial charge in [-0.3, -0.25) is 10.1 Å². The summed E-state index contributed by atoms with van der Waals surface area (Å²) in [5.74, 6) is -3.34. The number of nitro groups is 1. The Morgan fingerprint density at radius 3 is 2.46 bits per heavy atom. The van der Waals surface area contributed by atoms with Crippen LogP contribution in [0.5, 0.6) is 0 Å². The van der Waals surface area contributed by atoms with E-state index in [4.69, 9.17) is 0 Å². The zero-order valence-electron chi connectivity index (χ0n) is 13.1. The summed E-state index contributed by atoms with van der Waals surface area (Å²) in [6, 6.07) is 12.5. The molecule has 2 rings (SSSR count). The van der Waals surface area contributed by atoms with Gasteiger partial charge in [-0.2, -0.15) is 0 Å². The third-order valence-electron chi connectivity index (χ3n) is 3.58. The van der Waals surface area contributed by atoms with E-state index >= 15 is 0 Å². The highest BCUT2D eigenvalue weighted by Gasteiger charge is 2.33. The maximum absolute atomic E-state index is 13.6. The molecule has 7 heteroatoms. The summed E-state index contributed by atoms with van der Waals surface area (Å²) in [6.45, 7) is 0.413. The molecule has 0 aliphatic carbocycles. The van der Waals surface area contributed by atoms with Crippen molar-refractivity contribution in [3.63, 3.8) is 0 Å². The van der Waals surface area contributed by atoms with Gasteiger partial charge in [-0.15, -0.1) is 0 Å². The van der Waals surface area contributed by atoms with Gasteiger partial charge in [0, 0.05) is 18.7 Å². The zero-order chi connectivity index (χ0) is 17.7. The Morgan fingerprint density at radius 2 is 1.92 bits per heavy atom. The average molecular weight is 336 g/mol. The van der Waals surface area contributed by atoms with Crippen molar-refractivity contribution < 1.29 is 18.8 Å². The van der Waals surface area contributed by atoms with Crippen LogP contribution >= 0.6 is 0 Å². The summed E-state index contributed by atoms with van der Waals surface area (Å²) in [5.41, 5.74) is -0.00956. The minimum Gasteiger partial charge on any atom is -0.394 e. The molecule has 2 aromatic rings. The first-order valence-electron chi connectivity index (χ1n) is 7.39. The van der Waals surface area contributed by atoms with Crippen LogP contribution in [0.2, 0.25) is 0 Å². The summed E-state index contributed by atoms with van der Waals surface area (Å²) < 4.78 is 27.3. The molecule has 0 radical (unpaired) electrons. The fourth-order valence-corrected chi connectivity index (χ4v) is 2.43. The van der Waals surface area contributed by atoms with E-state index in [1.807, 2.05) is 30.3 Å². The van der Waals surface area contributed by atoms with Crippen LogP contribution in [0, 0.1) is 10.1 Å². The van der Waals surface area contributed by atoms with Crippen LogP contribution in [0.4, 0.5) is 20.2 Å². The Hall–Kier alpha value is -2.54. The first-order valence-corrected chi connectivity index (χ1v) is 7.39. The van der Waals surface area contributed by atoms with Crippen LogP contribution in [0.1, 0.15) is 18.1 Å². The molecular formula is C17H18F2N2O3. The number of hydrogen-bond acceptors (Lipinski definition) is 4. The lowest BCUT2D eigenvalue weighted by Gasteiger charge is -2.19. The minimum absolute atomic E-state index is 0.205. The lowest BCUT2D eigenvalue weighted by atomic mass is 10.0. The summed E-state index contributed by atoms with van der Waals surface area (Å²) in [6.07, 6.45) is 0.492. The molecule has 0 aliphatic heterocycles. The Morgan fingerprint density at radius 1 is 1.25 bits per heavy atom. The van der Waals surface area contributed by atoms with Gasteiger partial charge in [0.15, 0.2) is 0 Å². The van der Waals surface area contributed by atoms with E-state index in [2.05, 4.69) is 5.32 Å². The molecule has 0 aromatic heterocycles. The highest BCUT2D eigenvalue weighted by molar-refractivity contribution is 5.56. The molecule has 0 spiro atoms. The number of nitrogens with zero attached hydrogens (tertiary/aromatic N) is 1. The Bertz CT molecular complexity index is 703. The summed E-state index contributed by atoms with van der Waals surface area (Å²) in [7, 11) is 0. The molecular weight excluding hydrogens is 318 g/mol. The Labute approximate surface area is 138 Å². The molecule has 0 fully saturated rings. The van der Waals surface area contributed by atoms with Crippen molar-refractivity contribution in [2.75, 3.05) is 11.9 Å². The van der Waals surface area contributed by atoms with E-state index in [1.54, 1.807) is 0 Å². The van der Waals surface area contributed by atoms with Gasteiger partial charge in [-0.1, -0.05) is 30.3 Å². The summed E-state index contributed by atoms with van der Waals surface area (Å²) in [4.78, 5) is 10.1. The van der Waals surface area contributed by atoms with Gasteiger partial charge in [-0.25, -0.2) is 8.78 Å². The van der Waals surface area contributed by atoms with E-state index in [0.29, 0.717) is 19.0 Å². The van der Waals surface area contributed by atoms with Crippen molar-refractivity contribution in [3.05, 3.63) is 69.8 Å². The number of nitrogens with one attached hydrogen (secondary N) is 1. The molecule has 0 unspecified atom stereocenters. The highest BCUT2D eigenvalue weighted by atomic mass is 19.3. The first kappa shape index (κ1) is 17.8. The molecule has 1 atom stereocenters. The average Bonchev–Trinajstić information content (AvgIpc) is 2.54. The van der Waals surface area contributed by atoms with Gasteiger partial charge in [0.2, 0.25) is 0 Å². The molecule has 0 bridgehead atoms. The van der Waals surface area contributed by atoms with Gasteiger partial charge >= 0.3 is 0 Å². The first-order chi connectivity index (χ1) is 11.3. The number of aliphatic hydroxyl groups excluding tert-OH is 1. The van der Waals surface area contributed by atoms with Crippen LogP contribution in [-0.2, 0) is 12.3 Å². The van der Waals surface area contributed by atoms with Gasteiger partial charge < -0.3 is 10.4 Å². The predicted octanol–water partition coefficient (Wildman–Crippen LogP) is 3.72. The number of halogens is 2. The Balaban J connectivity index is 2.23. The number of benzene rings is 2. The minimum atomic E-state index is -3.34. The van der Waals surface area contributed by atoms with E-state index < -0.39 is 28.1 Å². The topological polar surface area (TPSA) is 75.4 Å². The van der Waals surface area contributed by atoms with Gasteiger partial charge in [0.1, 0.15) is 5.56 Å². The number of alkyl halides is 2. The molecule has 0 saturated carbocycles. The fraction of sp³-hybridized carbons (Fsp3) is 0.294. The molecule has 5 nitrogen and oxygen atoms in total. The van der Waals surface area contributed by atoms with E-state index in [-0.39, 0.29) is 6.61 Å². The van der Waals surface area contributed by atoms with Gasteiger partial charge in [0.25, 0.3) is 11.6 Å². The molecule has 0 heterocycles. The van der Waals surface area contributed by atoms with Crippen molar-refractivity contribution in [2.24, 2.45) is 0 Å². The van der Waals surface area contributed by atoms with Crippen molar-refractivity contribution in [3.8, 4) is 0 Å². The summed E-state index contributed by atoms with van der Waals surface area (Å²) in [5, 5.41) is 23.4. The molecule has 128 valence electrons. The molecule has 0 amide bonds. The SMILES string of the molecule is CC(F)(F)c1cc(N[C@H](CO)Cc2ccccc2)ccc1[N+](=O)[O-]. The third kappa shape index (κ3) is 4.48. The molecule has 0 aliphatic rings. The van der Waals surface area contributed by atoms with Crippen LogP contribution in [0.15, 0.2) is 48.5 Å². The molecule has 2 aromatic carbocycles. The highest BCUT2D eigenvalue weighted by Crippen LogP contribution is 2.36. The third-order valence-corrected chi connectivity index (χ3v) is 3.58. The van der Waals surface area contributed by atoms with E-state index in [1.165, 1.54) is 6.07 Å². The molecule has 0 saturated heterocycles. The summed E-state index contributed by atoms with van der Waals surface area (Å²) >= 11 is 0. The quantitative estimate of drug-likeness (QED) is 0.597. The van der Waals surface area contributed by atoms with E-state index in [0.717, 1.165) is 17.7 Å². The van der Waals surface area contributed by atoms with Gasteiger partial charge in [0.05, 0.1) is 17.6 Å². The lowest BCUT2D eigenvalue weighted by Crippen LogP contribution is -2.26. The monoisotopic (exact) mass is 336 g/mol. The predicted molar refractivity (Wildman–Crippen MR) is 87.3 cm³/mol. The second-order valence-corrected chi connectivity index (χ2v) is 5.59. The van der Waals surface area contributed by atoms with Crippen LogP contribution in [-0.4, -0.2) is 22.7 Å². The van der Waals surface area contributed by atoms with E-state index in [9.17, 15) is 24.0 Å². The number of hydrogen-bond donors (Lipinski definition) is 2. The standard InChI is InChI=1S/C17H18F2N2O3/c1-17(18,19)15-10-13(7-8-16(15)21(23)24)20-14(11-22)9-12-5-3-2-4-6-12/h2-8,10,14,20,22H,9,11H2,1H3/t14-/m0/s1. The van der Waals surface area contributed by atoms with Crippen LogP contribution < -0.4 is 5.32 Å². The van der Waals surface area contributed by atoms with Crippen LogP contribution in [0.25, 0.3) is 0 Å². The van der Waals surface area contributed by atoms with Crippen molar-refractivity contribution in [1.29, 1.82) is 0 Å². The smallest absolute Gasteiger partial charge is 0.278 e. The van der Waals surface area contributed by atoms with Crippen molar-refractivity contribution in [2.45, 2.75) is 25.3 Å². The largest absolute Gasteiger partial charge is 0.394 e. The van der Waals surface area contributed by atoms with Crippen molar-refractivity contribution in [1.82, 2.24) is 0 Å². The van der Waals surface area contributed by atoms with Crippen molar-refractivity contribution >= 4 is 11.4 Å². The molecule has 2 N–H and O–H groups in total. The number of nitro benzene ring substituents is 1. The van der Waals surface area contributed by atoms with Crippen LogP contribution in [0.3, 0.4) is 0 Å². The lowest BCUT2D eigenvalue weighted by molar-refractivity contribution is -0.386. The fourth-order valence-electron chi connectivity index (χ4n) is 2.43. The number of rotatable bonds is 7. The zero-order valence-corrected chi connectivity index (χ0v) is 13.1. The second-order valence-electron chi connectivity index (χ2n) is 5.59. The van der Waals surface area contributed by atoms with Gasteiger partial charge in [-0.05, 0) is 24.1 Å².